The van der Waals surface area contributed by atoms with Crippen molar-refractivity contribution in [2.45, 2.75) is 13.8 Å². The molecule has 2 N–H and O–H groups in total. The lowest BCUT2D eigenvalue weighted by Crippen LogP contribution is -2.32. The number of nitrogens with one attached hydrogen (secondary N) is 2. The average molecular weight is 486 g/mol. The number of rotatable bonds is 10. The van der Waals surface area contributed by atoms with E-state index in [0.29, 0.717) is 16.3 Å². The van der Waals surface area contributed by atoms with Crippen LogP contribution in [0.1, 0.15) is 29.8 Å². The molecule has 0 atom stereocenters. The Kier molecular flexibility index (Phi) is 8.68. The summed E-state index contributed by atoms with van der Waals surface area (Å²) >= 11 is 1.21. The molecule has 0 aliphatic heterocycles. The minimum Gasteiger partial charge on any atom is -0.317 e. The molecule has 2 aromatic carbocycles. The molecule has 2 amide bonds. The predicted molar refractivity (Wildman–Crippen MR) is 129 cm³/mol. The summed E-state index contributed by atoms with van der Waals surface area (Å²) < 4.78 is 25.1. The first-order valence-corrected chi connectivity index (χ1v) is 12.7. The maximum atomic E-state index is 13.9. The second-order valence-electron chi connectivity index (χ2n) is 6.53. The molecule has 0 unspecified atom stereocenters. The largest absolute Gasteiger partial charge is 0.364 e. The highest BCUT2D eigenvalue weighted by Gasteiger charge is 2.37. The number of hydrogen-bond donors (Lipinski definition) is 2. The van der Waals surface area contributed by atoms with Gasteiger partial charge in [-0.2, -0.15) is 0 Å². The Hall–Kier alpha value is -3.10. The highest BCUT2D eigenvalue weighted by molar-refractivity contribution is 7.65. The molecule has 0 spiro atoms. The third kappa shape index (κ3) is 6.24. The highest BCUT2D eigenvalue weighted by Crippen LogP contribution is 2.61. The van der Waals surface area contributed by atoms with E-state index in [4.69, 9.17) is 9.05 Å². The molecule has 0 bridgehead atoms. The zero-order valence-corrected chi connectivity index (χ0v) is 19.9. The van der Waals surface area contributed by atoms with Crippen molar-refractivity contribution < 1.29 is 23.2 Å². The summed E-state index contributed by atoms with van der Waals surface area (Å²) in [5.41, 5.74) is 0.503. The van der Waals surface area contributed by atoms with Gasteiger partial charge in [-0.15, -0.1) is 11.3 Å². The zero-order valence-electron chi connectivity index (χ0n) is 18.2. The van der Waals surface area contributed by atoms with Gasteiger partial charge in [-0.3, -0.25) is 19.5 Å². The summed E-state index contributed by atoms with van der Waals surface area (Å²) in [6.07, 6.45) is 1.54. The zero-order chi connectivity index (χ0) is 23.7. The second-order valence-corrected chi connectivity index (χ2v) is 9.39. The first kappa shape index (κ1) is 24.5. The fraction of sp³-hybridized carbons (Fsp3) is 0.174. The molecule has 1 heterocycles. The summed E-state index contributed by atoms with van der Waals surface area (Å²) in [7, 11) is -4.01. The molecule has 0 fully saturated rings. The Morgan fingerprint density at radius 2 is 1.52 bits per heavy atom. The monoisotopic (exact) mass is 485 g/mol. The van der Waals surface area contributed by atoms with Gasteiger partial charge in [0.1, 0.15) is 11.0 Å². The van der Waals surface area contributed by atoms with Crippen LogP contribution in [0.5, 0.6) is 0 Å². The van der Waals surface area contributed by atoms with E-state index in [9.17, 15) is 14.2 Å². The van der Waals surface area contributed by atoms with Gasteiger partial charge in [-0.1, -0.05) is 48.5 Å². The van der Waals surface area contributed by atoms with Gasteiger partial charge in [0.05, 0.1) is 13.2 Å². The molecular weight excluding hydrogens is 461 g/mol. The van der Waals surface area contributed by atoms with Crippen molar-refractivity contribution >= 4 is 41.2 Å². The van der Waals surface area contributed by atoms with E-state index in [0.717, 1.165) is 0 Å². The quantitative estimate of drug-likeness (QED) is 0.304. The predicted octanol–water partition coefficient (Wildman–Crippen LogP) is 5.15. The number of aromatic nitrogens is 1. The van der Waals surface area contributed by atoms with Crippen LogP contribution in [0.2, 0.25) is 0 Å². The Labute approximate surface area is 196 Å². The molecule has 1 aromatic heterocycles. The highest BCUT2D eigenvalue weighted by atomic mass is 32.1. The molecule has 0 aliphatic rings. The first-order chi connectivity index (χ1) is 16.0. The van der Waals surface area contributed by atoms with E-state index >= 15 is 0 Å². The number of thiazole rings is 1. The third-order valence-corrected chi connectivity index (χ3v) is 7.22. The lowest BCUT2D eigenvalue weighted by atomic mass is 10.1. The molecule has 8 nitrogen and oxygen atoms in total. The molecule has 0 saturated heterocycles. The van der Waals surface area contributed by atoms with Crippen molar-refractivity contribution in [3.63, 3.8) is 0 Å². The molecule has 0 radical (unpaired) electrons. The van der Waals surface area contributed by atoms with Crippen LogP contribution < -0.4 is 10.6 Å². The molecule has 33 heavy (non-hydrogen) atoms. The van der Waals surface area contributed by atoms with E-state index in [1.54, 1.807) is 79.9 Å². The van der Waals surface area contributed by atoms with Crippen LogP contribution in [-0.4, -0.2) is 30.0 Å². The van der Waals surface area contributed by atoms with Crippen molar-refractivity contribution in [2.75, 3.05) is 18.5 Å². The number of nitrogens with zero attached hydrogens (tertiary/aromatic N) is 1. The fourth-order valence-corrected chi connectivity index (χ4v) is 5.42. The third-order valence-electron chi connectivity index (χ3n) is 4.31. The SMILES string of the molecule is CCOP(=O)(OCC)/C(=C(\NC(=O)c1ccccc1)C(=O)Nc1nccs1)c1ccccc1. The number of benzene rings is 2. The van der Waals surface area contributed by atoms with E-state index < -0.39 is 19.4 Å². The minimum absolute atomic E-state index is 0.0369. The van der Waals surface area contributed by atoms with Crippen LogP contribution in [0, 0.1) is 0 Å². The smallest absolute Gasteiger partial charge is 0.317 e. The Morgan fingerprint density at radius 1 is 0.939 bits per heavy atom. The normalized spacial score (nSPS) is 12.1. The number of anilines is 1. The van der Waals surface area contributed by atoms with Crippen molar-refractivity contribution in [2.24, 2.45) is 0 Å². The maximum absolute atomic E-state index is 13.9. The van der Waals surface area contributed by atoms with Crippen molar-refractivity contribution in [1.82, 2.24) is 10.3 Å². The van der Waals surface area contributed by atoms with Gasteiger partial charge in [0.25, 0.3) is 11.8 Å². The van der Waals surface area contributed by atoms with E-state index in [-0.39, 0.29) is 24.2 Å². The topological polar surface area (TPSA) is 107 Å². The lowest BCUT2D eigenvalue weighted by molar-refractivity contribution is -0.113. The molecule has 0 saturated carbocycles. The van der Waals surface area contributed by atoms with Crippen molar-refractivity contribution in [3.8, 4) is 0 Å². The summed E-state index contributed by atoms with van der Waals surface area (Å²) in [5.74, 6) is -1.25. The van der Waals surface area contributed by atoms with Crippen molar-refractivity contribution in [1.29, 1.82) is 0 Å². The summed E-state index contributed by atoms with van der Waals surface area (Å²) in [4.78, 5) is 30.5. The van der Waals surface area contributed by atoms with Gasteiger partial charge >= 0.3 is 7.60 Å². The van der Waals surface area contributed by atoms with Crippen LogP contribution in [0.15, 0.2) is 77.9 Å². The molecule has 0 aliphatic carbocycles. The van der Waals surface area contributed by atoms with Gasteiger partial charge in [0.2, 0.25) is 0 Å². The number of hydrogen-bond acceptors (Lipinski definition) is 7. The molecule has 172 valence electrons. The van der Waals surface area contributed by atoms with Gasteiger partial charge in [-0.05, 0) is 31.5 Å². The Balaban J connectivity index is 2.21. The summed E-state index contributed by atoms with van der Waals surface area (Å²) in [6, 6.07) is 17.0. The summed E-state index contributed by atoms with van der Waals surface area (Å²) in [5, 5.41) is 7.27. The molecule has 3 aromatic rings. The Morgan fingerprint density at radius 3 is 2.03 bits per heavy atom. The van der Waals surface area contributed by atoms with E-state index in [1.807, 2.05) is 0 Å². The van der Waals surface area contributed by atoms with E-state index in [1.165, 1.54) is 17.5 Å². The van der Waals surface area contributed by atoms with Crippen LogP contribution in [0.4, 0.5) is 5.13 Å². The van der Waals surface area contributed by atoms with Crippen LogP contribution in [0.3, 0.4) is 0 Å². The fourth-order valence-electron chi connectivity index (χ4n) is 2.99. The minimum atomic E-state index is -4.01. The standard InChI is InChI=1S/C23H24N3O5PS/c1-3-30-32(29,31-4-2)20(17-11-7-5-8-12-17)19(22(28)26-23-24-15-16-33-23)25-21(27)18-13-9-6-10-14-18/h5-16H,3-4H2,1-2H3,(H,25,27)(H,24,26,28)/b20-19-. The maximum Gasteiger partial charge on any atom is 0.364 e. The molecule has 3 rings (SSSR count). The van der Waals surface area contributed by atoms with Gasteiger partial charge in [0.15, 0.2) is 5.13 Å². The molecular formula is C23H24N3O5PS. The second kappa shape index (κ2) is 11.7. The number of carbonyl (C=O) groups excluding carboxylic acids is 2. The van der Waals surface area contributed by atoms with Crippen molar-refractivity contribution in [3.05, 3.63) is 89.1 Å². The van der Waals surface area contributed by atoms with Gasteiger partial charge < -0.3 is 14.4 Å². The summed E-state index contributed by atoms with van der Waals surface area (Å²) in [6.45, 7) is 3.49. The first-order valence-electron chi connectivity index (χ1n) is 10.2. The average Bonchev–Trinajstić information content (AvgIpc) is 3.33. The van der Waals surface area contributed by atoms with Gasteiger partial charge in [0, 0.05) is 17.1 Å². The van der Waals surface area contributed by atoms with Crippen LogP contribution >= 0.6 is 18.9 Å². The lowest BCUT2D eigenvalue weighted by Gasteiger charge is -2.23. The van der Waals surface area contributed by atoms with Crippen LogP contribution in [0.25, 0.3) is 5.31 Å². The number of carbonyl (C=O) groups is 2. The number of amides is 2. The molecule has 10 heteroatoms. The van der Waals surface area contributed by atoms with E-state index in [2.05, 4.69) is 15.6 Å². The Bertz CT molecular complexity index is 1140. The van der Waals surface area contributed by atoms with Crippen LogP contribution in [-0.2, 0) is 18.4 Å². The van der Waals surface area contributed by atoms with Gasteiger partial charge in [-0.25, -0.2) is 4.98 Å².